The molecule has 0 atom stereocenters. The number of hydrogen-bond donors (Lipinski definition) is 0. The number of hydrogen-bond acceptors (Lipinski definition) is 3. The van der Waals surface area contributed by atoms with Crippen LogP contribution in [0.25, 0.3) is 0 Å². The Morgan fingerprint density at radius 2 is 1.91 bits per heavy atom. The van der Waals surface area contributed by atoms with Crippen molar-refractivity contribution in [3.8, 4) is 0 Å². The normalized spacial score (nSPS) is 10.4. The van der Waals surface area contributed by atoms with Gasteiger partial charge in [0.05, 0.1) is 0 Å². The molecule has 0 N–H and O–H groups in total. The molecule has 0 aliphatic rings. The SMILES string of the molecule is CCCc1nnc(CCCl)o1. The van der Waals surface area contributed by atoms with E-state index in [0.717, 1.165) is 12.8 Å². The van der Waals surface area contributed by atoms with Gasteiger partial charge >= 0.3 is 0 Å². The zero-order valence-corrected chi connectivity index (χ0v) is 7.26. The van der Waals surface area contributed by atoms with Gasteiger partial charge in [0.2, 0.25) is 11.8 Å². The number of aryl methyl sites for hydroxylation is 2. The fourth-order valence-corrected chi connectivity index (χ4v) is 0.947. The lowest BCUT2D eigenvalue weighted by molar-refractivity contribution is 0.452. The van der Waals surface area contributed by atoms with E-state index in [2.05, 4.69) is 17.1 Å². The molecule has 0 unspecified atom stereocenters. The molecule has 0 bridgehead atoms. The Morgan fingerprint density at radius 1 is 1.27 bits per heavy atom. The fraction of sp³-hybridized carbons (Fsp3) is 0.714. The molecule has 3 nitrogen and oxygen atoms in total. The van der Waals surface area contributed by atoms with Gasteiger partial charge in [0.1, 0.15) is 0 Å². The maximum atomic E-state index is 5.49. The number of nitrogens with zero attached hydrogens (tertiary/aromatic N) is 2. The van der Waals surface area contributed by atoms with Gasteiger partial charge in [0, 0.05) is 18.7 Å². The highest BCUT2D eigenvalue weighted by molar-refractivity contribution is 6.17. The van der Waals surface area contributed by atoms with Crippen LogP contribution < -0.4 is 0 Å². The lowest BCUT2D eigenvalue weighted by atomic mass is 10.3. The van der Waals surface area contributed by atoms with E-state index >= 15 is 0 Å². The molecule has 0 fully saturated rings. The van der Waals surface area contributed by atoms with Crippen molar-refractivity contribution in [1.29, 1.82) is 0 Å². The highest BCUT2D eigenvalue weighted by Gasteiger charge is 2.02. The van der Waals surface area contributed by atoms with Crippen molar-refractivity contribution in [2.75, 3.05) is 5.88 Å². The van der Waals surface area contributed by atoms with E-state index in [1.54, 1.807) is 0 Å². The van der Waals surface area contributed by atoms with E-state index < -0.39 is 0 Å². The van der Waals surface area contributed by atoms with Crippen LogP contribution in [0.15, 0.2) is 4.42 Å². The van der Waals surface area contributed by atoms with Crippen molar-refractivity contribution >= 4 is 11.6 Å². The summed E-state index contributed by atoms with van der Waals surface area (Å²) in [5, 5.41) is 7.67. The molecule has 0 amide bonds. The summed E-state index contributed by atoms with van der Waals surface area (Å²) in [6.07, 6.45) is 2.55. The predicted octanol–water partition coefficient (Wildman–Crippen LogP) is 1.80. The van der Waals surface area contributed by atoms with Crippen molar-refractivity contribution in [3.05, 3.63) is 11.8 Å². The Kier molecular flexibility index (Phi) is 3.36. The summed E-state index contributed by atoms with van der Waals surface area (Å²) >= 11 is 5.49. The molecule has 1 aromatic heterocycles. The minimum Gasteiger partial charge on any atom is -0.425 e. The van der Waals surface area contributed by atoms with E-state index in [4.69, 9.17) is 16.0 Å². The fourth-order valence-electron chi connectivity index (χ4n) is 0.785. The average molecular weight is 175 g/mol. The minimum atomic E-state index is 0.535. The van der Waals surface area contributed by atoms with Gasteiger partial charge in [-0.25, -0.2) is 0 Å². The van der Waals surface area contributed by atoms with Crippen molar-refractivity contribution in [2.45, 2.75) is 26.2 Å². The second kappa shape index (κ2) is 4.34. The van der Waals surface area contributed by atoms with Gasteiger partial charge in [0.15, 0.2) is 0 Å². The maximum absolute atomic E-state index is 5.49. The molecule has 1 aromatic rings. The van der Waals surface area contributed by atoms with Crippen LogP contribution in [0.5, 0.6) is 0 Å². The van der Waals surface area contributed by atoms with Crippen molar-refractivity contribution in [1.82, 2.24) is 10.2 Å². The number of alkyl halides is 1. The molecule has 4 heteroatoms. The third kappa shape index (κ3) is 2.50. The highest BCUT2D eigenvalue weighted by Crippen LogP contribution is 2.03. The first kappa shape index (κ1) is 8.53. The first-order chi connectivity index (χ1) is 5.36. The summed E-state index contributed by atoms with van der Waals surface area (Å²) in [7, 11) is 0. The van der Waals surface area contributed by atoms with E-state index in [1.165, 1.54) is 0 Å². The van der Waals surface area contributed by atoms with E-state index in [0.29, 0.717) is 24.1 Å². The standard InChI is InChI=1S/C7H11ClN2O/c1-2-3-6-9-10-7(11-6)4-5-8/h2-5H2,1H3. The summed E-state index contributed by atoms with van der Waals surface area (Å²) in [6, 6.07) is 0. The van der Waals surface area contributed by atoms with Gasteiger partial charge in [-0.3, -0.25) is 0 Å². The third-order valence-corrected chi connectivity index (χ3v) is 1.47. The summed E-state index contributed by atoms with van der Waals surface area (Å²) in [5.74, 6) is 1.89. The van der Waals surface area contributed by atoms with Crippen LogP contribution in [0.4, 0.5) is 0 Å². The number of rotatable bonds is 4. The van der Waals surface area contributed by atoms with Gasteiger partial charge in [-0.15, -0.1) is 21.8 Å². The monoisotopic (exact) mass is 174 g/mol. The molecule has 0 aliphatic heterocycles. The Labute approximate surface area is 70.8 Å². The Hall–Kier alpha value is -0.570. The first-order valence-electron chi connectivity index (χ1n) is 3.74. The topological polar surface area (TPSA) is 38.9 Å². The van der Waals surface area contributed by atoms with Crippen LogP contribution in [-0.2, 0) is 12.8 Å². The van der Waals surface area contributed by atoms with Crippen molar-refractivity contribution in [2.24, 2.45) is 0 Å². The molecular formula is C7H11ClN2O. The van der Waals surface area contributed by atoms with Gasteiger partial charge < -0.3 is 4.42 Å². The molecule has 0 spiro atoms. The zero-order chi connectivity index (χ0) is 8.10. The lowest BCUT2D eigenvalue weighted by Gasteiger charge is -1.86. The van der Waals surface area contributed by atoms with E-state index in [1.807, 2.05) is 0 Å². The molecule has 0 aromatic carbocycles. The minimum absolute atomic E-state index is 0.535. The molecule has 0 aliphatic carbocycles. The Morgan fingerprint density at radius 3 is 2.45 bits per heavy atom. The summed E-state index contributed by atoms with van der Waals surface area (Å²) in [6.45, 7) is 2.07. The number of halogens is 1. The lowest BCUT2D eigenvalue weighted by Crippen LogP contribution is -1.84. The summed E-state index contributed by atoms with van der Waals surface area (Å²) in [4.78, 5) is 0. The van der Waals surface area contributed by atoms with Crippen LogP contribution >= 0.6 is 11.6 Å². The average Bonchev–Trinajstić information content (AvgIpc) is 2.38. The maximum Gasteiger partial charge on any atom is 0.217 e. The molecular weight excluding hydrogens is 164 g/mol. The van der Waals surface area contributed by atoms with Crippen LogP contribution in [0.2, 0.25) is 0 Å². The molecule has 0 radical (unpaired) electrons. The highest BCUT2D eigenvalue weighted by atomic mass is 35.5. The van der Waals surface area contributed by atoms with E-state index in [-0.39, 0.29) is 0 Å². The zero-order valence-electron chi connectivity index (χ0n) is 6.51. The van der Waals surface area contributed by atoms with Gasteiger partial charge in [0.25, 0.3) is 0 Å². The largest absolute Gasteiger partial charge is 0.425 e. The van der Waals surface area contributed by atoms with Crippen LogP contribution in [0.3, 0.4) is 0 Å². The molecule has 1 heterocycles. The Bertz CT molecular complexity index is 191. The predicted molar refractivity (Wildman–Crippen MR) is 42.7 cm³/mol. The van der Waals surface area contributed by atoms with Crippen molar-refractivity contribution in [3.63, 3.8) is 0 Å². The van der Waals surface area contributed by atoms with Crippen LogP contribution in [0, 0.1) is 0 Å². The van der Waals surface area contributed by atoms with E-state index in [9.17, 15) is 0 Å². The summed E-state index contributed by atoms with van der Waals surface area (Å²) < 4.78 is 5.26. The second-order valence-corrected chi connectivity index (χ2v) is 2.66. The molecule has 0 saturated carbocycles. The van der Waals surface area contributed by atoms with Crippen LogP contribution in [0.1, 0.15) is 25.1 Å². The molecule has 62 valence electrons. The quantitative estimate of drug-likeness (QED) is 0.654. The van der Waals surface area contributed by atoms with Crippen LogP contribution in [-0.4, -0.2) is 16.1 Å². The van der Waals surface area contributed by atoms with Gasteiger partial charge in [-0.1, -0.05) is 6.92 Å². The summed E-state index contributed by atoms with van der Waals surface area (Å²) in [5.41, 5.74) is 0. The molecule has 1 rings (SSSR count). The number of aromatic nitrogens is 2. The second-order valence-electron chi connectivity index (χ2n) is 2.28. The third-order valence-electron chi connectivity index (χ3n) is 1.28. The molecule has 0 saturated heterocycles. The van der Waals surface area contributed by atoms with Gasteiger partial charge in [-0.2, -0.15) is 0 Å². The van der Waals surface area contributed by atoms with Gasteiger partial charge in [-0.05, 0) is 6.42 Å². The van der Waals surface area contributed by atoms with Crippen molar-refractivity contribution < 1.29 is 4.42 Å². The smallest absolute Gasteiger partial charge is 0.217 e. The first-order valence-corrected chi connectivity index (χ1v) is 4.27. The molecule has 11 heavy (non-hydrogen) atoms. The Balaban J connectivity index is 2.51.